The molecule has 0 atom stereocenters. The summed E-state index contributed by atoms with van der Waals surface area (Å²) in [4.78, 5) is 14.8. The van der Waals surface area contributed by atoms with Crippen LogP contribution in [0.4, 0.5) is 0 Å². The van der Waals surface area contributed by atoms with E-state index in [-0.39, 0.29) is 18.0 Å². The number of carboxylic acids is 1. The molecule has 0 bridgehead atoms. The first-order valence-corrected chi connectivity index (χ1v) is 5.04. The van der Waals surface area contributed by atoms with Crippen molar-refractivity contribution < 1.29 is 14.6 Å². The van der Waals surface area contributed by atoms with E-state index < -0.39 is 5.97 Å². The standard InChI is InChI=1S/C11H13NO3.ClH/c13-11(14)9-1-2-10(12-7-9)8-3-5-15-6-4-8;/h1-2,7-8H,3-6H2,(H,13,14);1H. The van der Waals surface area contributed by atoms with Gasteiger partial charge < -0.3 is 9.84 Å². The molecule has 1 aliphatic heterocycles. The van der Waals surface area contributed by atoms with Gasteiger partial charge in [0.2, 0.25) is 0 Å². The molecule has 1 aromatic heterocycles. The third kappa shape index (κ3) is 2.93. The predicted molar refractivity (Wildman–Crippen MR) is 61.2 cm³/mol. The van der Waals surface area contributed by atoms with Crippen LogP contribution in [0, 0.1) is 0 Å². The number of halogens is 1. The molecule has 1 saturated heterocycles. The van der Waals surface area contributed by atoms with Gasteiger partial charge in [0, 0.05) is 31.0 Å². The summed E-state index contributed by atoms with van der Waals surface area (Å²) in [6.07, 6.45) is 3.37. The smallest absolute Gasteiger partial charge is 0.337 e. The average Bonchev–Trinajstić information content (AvgIpc) is 2.30. The molecule has 0 unspecified atom stereocenters. The first-order valence-electron chi connectivity index (χ1n) is 5.04. The average molecular weight is 244 g/mol. The van der Waals surface area contributed by atoms with E-state index in [1.807, 2.05) is 0 Å². The number of pyridine rings is 1. The molecular weight excluding hydrogens is 230 g/mol. The topological polar surface area (TPSA) is 59.4 Å². The molecule has 0 radical (unpaired) electrons. The van der Waals surface area contributed by atoms with Crippen LogP contribution in [-0.4, -0.2) is 29.3 Å². The highest BCUT2D eigenvalue weighted by Crippen LogP contribution is 2.24. The van der Waals surface area contributed by atoms with Crippen molar-refractivity contribution in [3.63, 3.8) is 0 Å². The fourth-order valence-corrected chi connectivity index (χ4v) is 1.77. The highest BCUT2D eigenvalue weighted by molar-refractivity contribution is 5.87. The molecule has 0 spiro atoms. The van der Waals surface area contributed by atoms with Crippen LogP contribution >= 0.6 is 12.4 Å². The Labute approximate surface area is 100 Å². The van der Waals surface area contributed by atoms with Crippen LogP contribution in [-0.2, 0) is 4.74 Å². The summed E-state index contributed by atoms with van der Waals surface area (Å²) in [5.41, 5.74) is 1.22. The zero-order valence-corrected chi connectivity index (χ0v) is 9.57. The van der Waals surface area contributed by atoms with Gasteiger partial charge >= 0.3 is 5.97 Å². The lowest BCUT2D eigenvalue weighted by atomic mass is 9.96. The number of hydrogen-bond donors (Lipinski definition) is 1. The molecule has 4 nitrogen and oxygen atoms in total. The molecule has 2 heterocycles. The van der Waals surface area contributed by atoms with E-state index in [1.165, 1.54) is 6.20 Å². The second-order valence-electron chi connectivity index (χ2n) is 3.66. The fourth-order valence-electron chi connectivity index (χ4n) is 1.77. The van der Waals surface area contributed by atoms with Crippen molar-refractivity contribution in [2.45, 2.75) is 18.8 Å². The summed E-state index contributed by atoms with van der Waals surface area (Å²) in [7, 11) is 0. The van der Waals surface area contributed by atoms with Crippen molar-refractivity contribution in [3.05, 3.63) is 29.6 Å². The predicted octanol–water partition coefficient (Wildman–Crippen LogP) is 2.10. The lowest BCUT2D eigenvalue weighted by Gasteiger charge is -2.21. The van der Waals surface area contributed by atoms with Crippen LogP contribution in [0.25, 0.3) is 0 Å². The highest BCUT2D eigenvalue weighted by Gasteiger charge is 2.17. The molecule has 2 rings (SSSR count). The molecule has 1 N–H and O–H groups in total. The molecule has 0 aromatic carbocycles. The largest absolute Gasteiger partial charge is 0.478 e. The van der Waals surface area contributed by atoms with Gasteiger partial charge in [-0.3, -0.25) is 4.98 Å². The number of carbonyl (C=O) groups is 1. The van der Waals surface area contributed by atoms with E-state index >= 15 is 0 Å². The summed E-state index contributed by atoms with van der Waals surface area (Å²) < 4.78 is 5.26. The van der Waals surface area contributed by atoms with E-state index in [1.54, 1.807) is 12.1 Å². The Kier molecular flexibility index (Phi) is 4.71. The van der Waals surface area contributed by atoms with Crippen molar-refractivity contribution in [1.29, 1.82) is 0 Å². The van der Waals surface area contributed by atoms with Gasteiger partial charge in [0.15, 0.2) is 0 Å². The Morgan fingerprint density at radius 1 is 1.38 bits per heavy atom. The van der Waals surface area contributed by atoms with Crippen LogP contribution < -0.4 is 0 Å². The Bertz CT molecular complexity index is 347. The third-order valence-electron chi connectivity index (χ3n) is 2.67. The van der Waals surface area contributed by atoms with Crippen LogP contribution in [0.5, 0.6) is 0 Å². The number of aromatic carboxylic acids is 1. The zero-order chi connectivity index (χ0) is 10.7. The van der Waals surface area contributed by atoms with E-state index in [0.717, 1.165) is 31.7 Å². The number of hydrogen-bond acceptors (Lipinski definition) is 3. The number of rotatable bonds is 2. The maximum Gasteiger partial charge on any atom is 0.337 e. The Hall–Kier alpha value is -1.13. The van der Waals surface area contributed by atoms with Gasteiger partial charge in [-0.2, -0.15) is 0 Å². The zero-order valence-electron chi connectivity index (χ0n) is 8.76. The molecular formula is C11H14ClNO3. The minimum atomic E-state index is -0.930. The van der Waals surface area contributed by atoms with Crippen molar-refractivity contribution >= 4 is 18.4 Å². The van der Waals surface area contributed by atoms with Gasteiger partial charge in [0.05, 0.1) is 5.56 Å². The van der Waals surface area contributed by atoms with Gasteiger partial charge in [-0.05, 0) is 25.0 Å². The van der Waals surface area contributed by atoms with Crippen molar-refractivity contribution in [2.75, 3.05) is 13.2 Å². The van der Waals surface area contributed by atoms with Gasteiger partial charge in [0.25, 0.3) is 0 Å². The Morgan fingerprint density at radius 2 is 2.06 bits per heavy atom. The second kappa shape index (κ2) is 5.82. The molecule has 16 heavy (non-hydrogen) atoms. The van der Waals surface area contributed by atoms with Crippen LogP contribution in [0.2, 0.25) is 0 Å². The summed E-state index contributed by atoms with van der Waals surface area (Å²) in [5, 5.41) is 8.73. The monoisotopic (exact) mass is 243 g/mol. The van der Waals surface area contributed by atoms with Gasteiger partial charge in [-0.15, -0.1) is 12.4 Å². The molecule has 0 saturated carbocycles. The SMILES string of the molecule is Cl.O=C(O)c1ccc(C2CCOCC2)nc1. The Morgan fingerprint density at radius 3 is 2.56 bits per heavy atom. The minimum Gasteiger partial charge on any atom is -0.478 e. The van der Waals surface area contributed by atoms with E-state index in [0.29, 0.717) is 5.92 Å². The molecule has 1 aliphatic rings. The van der Waals surface area contributed by atoms with Crippen LogP contribution in [0.3, 0.4) is 0 Å². The molecule has 1 aromatic rings. The number of aromatic nitrogens is 1. The molecule has 88 valence electrons. The second-order valence-corrected chi connectivity index (χ2v) is 3.66. The normalized spacial score (nSPS) is 16.5. The maximum absolute atomic E-state index is 10.6. The van der Waals surface area contributed by atoms with Gasteiger partial charge in [-0.25, -0.2) is 4.79 Å². The molecule has 1 fully saturated rings. The molecule has 0 amide bonds. The molecule has 0 aliphatic carbocycles. The molecule has 5 heteroatoms. The quantitative estimate of drug-likeness (QED) is 0.864. The minimum absolute atomic E-state index is 0. The van der Waals surface area contributed by atoms with Gasteiger partial charge in [0.1, 0.15) is 0 Å². The van der Waals surface area contributed by atoms with E-state index in [9.17, 15) is 4.79 Å². The van der Waals surface area contributed by atoms with E-state index in [4.69, 9.17) is 9.84 Å². The van der Waals surface area contributed by atoms with Crippen molar-refractivity contribution in [2.24, 2.45) is 0 Å². The number of nitrogens with zero attached hydrogens (tertiary/aromatic N) is 1. The first-order chi connectivity index (χ1) is 7.27. The fraction of sp³-hybridized carbons (Fsp3) is 0.455. The summed E-state index contributed by atoms with van der Waals surface area (Å²) in [6.45, 7) is 1.54. The first kappa shape index (κ1) is 12.9. The number of ether oxygens (including phenoxy) is 1. The highest BCUT2D eigenvalue weighted by atomic mass is 35.5. The number of carboxylic acid groups (broad SMARTS) is 1. The van der Waals surface area contributed by atoms with Crippen LogP contribution in [0.1, 0.15) is 34.8 Å². The Balaban J connectivity index is 0.00000128. The maximum atomic E-state index is 10.6. The summed E-state index contributed by atoms with van der Waals surface area (Å²) in [6, 6.07) is 3.42. The van der Waals surface area contributed by atoms with Crippen molar-refractivity contribution in [1.82, 2.24) is 4.98 Å². The lowest BCUT2D eigenvalue weighted by Crippen LogP contribution is -2.15. The summed E-state index contributed by atoms with van der Waals surface area (Å²) >= 11 is 0. The van der Waals surface area contributed by atoms with Gasteiger partial charge in [-0.1, -0.05) is 0 Å². The summed E-state index contributed by atoms with van der Waals surface area (Å²) in [5.74, 6) is -0.511. The third-order valence-corrected chi connectivity index (χ3v) is 2.67. The van der Waals surface area contributed by atoms with Crippen LogP contribution in [0.15, 0.2) is 18.3 Å². The van der Waals surface area contributed by atoms with E-state index in [2.05, 4.69) is 4.98 Å². The van der Waals surface area contributed by atoms with Crippen molar-refractivity contribution in [3.8, 4) is 0 Å². The lowest BCUT2D eigenvalue weighted by molar-refractivity contribution is 0.0695.